The number of hydrogen-bond donors (Lipinski definition) is 2. The number of aryl methyl sites for hydroxylation is 2. The quantitative estimate of drug-likeness (QED) is 0.259. The summed E-state index contributed by atoms with van der Waals surface area (Å²) in [6.45, 7) is 13.1. The van der Waals surface area contributed by atoms with E-state index in [-0.39, 0.29) is 24.0 Å². The Morgan fingerprint density at radius 2 is 2.08 bits per heavy atom. The summed E-state index contributed by atoms with van der Waals surface area (Å²) in [7, 11) is 0. The molecule has 1 aromatic heterocycles. The predicted molar refractivity (Wildman–Crippen MR) is 118 cm³/mol. The first-order chi connectivity index (χ1) is 12.1. The molecule has 0 spiro atoms. The van der Waals surface area contributed by atoms with Crippen LogP contribution >= 0.6 is 24.0 Å². The summed E-state index contributed by atoms with van der Waals surface area (Å²) in [5.74, 6) is 2.38. The van der Waals surface area contributed by atoms with Gasteiger partial charge in [0.1, 0.15) is 12.3 Å². The lowest BCUT2D eigenvalue weighted by Crippen LogP contribution is -2.39. The van der Waals surface area contributed by atoms with Crippen LogP contribution in [0.4, 0.5) is 0 Å². The van der Waals surface area contributed by atoms with Gasteiger partial charge < -0.3 is 20.0 Å². The SMILES string of the molecule is CCNC(=NCc1nc(C)c(C)o1)NCCCCN1CCCCC1C.I. The van der Waals surface area contributed by atoms with Crippen LogP contribution in [0.3, 0.4) is 0 Å². The normalized spacial score (nSPS) is 18.5. The van der Waals surface area contributed by atoms with Crippen molar-refractivity contribution in [1.82, 2.24) is 20.5 Å². The number of rotatable bonds is 8. The van der Waals surface area contributed by atoms with Crippen LogP contribution in [0.15, 0.2) is 9.41 Å². The van der Waals surface area contributed by atoms with Crippen molar-refractivity contribution in [3.8, 4) is 0 Å². The van der Waals surface area contributed by atoms with Crippen LogP contribution < -0.4 is 10.6 Å². The van der Waals surface area contributed by atoms with E-state index in [2.05, 4.69) is 39.4 Å². The number of hydrogen-bond acceptors (Lipinski definition) is 4. The van der Waals surface area contributed by atoms with E-state index in [0.717, 1.165) is 43.0 Å². The van der Waals surface area contributed by atoms with E-state index in [0.29, 0.717) is 12.4 Å². The molecule has 0 bridgehead atoms. The van der Waals surface area contributed by atoms with Crippen molar-refractivity contribution in [1.29, 1.82) is 0 Å². The standard InChI is InChI=1S/C19H35N5O.HI/c1-5-20-19(22-14-18-23-16(3)17(4)25-18)21-11-7-9-13-24-12-8-6-10-15(24)2;/h15H,5-14H2,1-4H3,(H2,20,21,22);1H. The Labute approximate surface area is 175 Å². The van der Waals surface area contributed by atoms with Gasteiger partial charge in [-0.3, -0.25) is 0 Å². The molecule has 26 heavy (non-hydrogen) atoms. The molecule has 2 N–H and O–H groups in total. The highest BCUT2D eigenvalue weighted by atomic mass is 127. The van der Waals surface area contributed by atoms with Crippen LogP contribution in [0.25, 0.3) is 0 Å². The molecule has 0 aromatic carbocycles. The molecule has 1 unspecified atom stereocenters. The second kappa shape index (κ2) is 12.5. The van der Waals surface area contributed by atoms with Gasteiger partial charge in [0.05, 0.1) is 5.69 Å². The Kier molecular flexibility index (Phi) is 11.2. The van der Waals surface area contributed by atoms with Gasteiger partial charge in [-0.2, -0.15) is 0 Å². The molecular formula is C19H36IN5O. The summed E-state index contributed by atoms with van der Waals surface area (Å²) in [4.78, 5) is 11.6. The topological polar surface area (TPSA) is 65.7 Å². The summed E-state index contributed by atoms with van der Waals surface area (Å²) >= 11 is 0. The monoisotopic (exact) mass is 477 g/mol. The minimum Gasteiger partial charge on any atom is -0.444 e. The highest BCUT2D eigenvalue weighted by Crippen LogP contribution is 2.16. The van der Waals surface area contributed by atoms with Gasteiger partial charge in [-0.25, -0.2) is 9.98 Å². The molecule has 1 saturated heterocycles. The molecule has 150 valence electrons. The maximum absolute atomic E-state index is 5.58. The second-order valence-corrected chi connectivity index (χ2v) is 6.96. The van der Waals surface area contributed by atoms with Crippen LogP contribution in [0.5, 0.6) is 0 Å². The number of nitrogens with zero attached hydrogens (tertiary/aromatic N) is 3. The van der Waals surface area contributed by atoms with Crippen molar-refractivity contribution >= 4 is 29.9 Å². The van der Waals surface area contributed by atoms with Crippen molar-refractivity contribution in [3.63, 3.8) is 0 Å². The minimum absolute atomic E-state index is 0. The number of nitrogens with one attached hydrogen (secondary N) is 2. The molecule has 1 atom stereocenters. The summed E-state index contributed by atoms with van der Waals surface area (Å²) in [5.41, 5.74) is 0.940. The third kappa shape index (κ3) is 7.82. The molecule has 2 rings (SSSR count). The van der Waals surface area contributed by atoms with E-state index >= 15 is 0 Å². The fraction of sp³-hybridized carbons (Fsp3) is 0.789. The minimum atomic E-state index is 0. The van der Waals surface area contributed by atoms with E-state index in [9.17, 15) is 0 Å². The number of guanidine groups is 1. The van der Waals surface area contributed by atoms with Crippen molar-refractivity contribution in [2.75, 3.05) is 26.2 Å². The van der Waals surface area contributed by atoms with Crippen LogP contribution in [0, 0.1) is 13.8 Å². The predicted octanol–water partition coefficient (Wildman–Crippen LogP) is 3.62. The van der Waals surface area contributed by atoms with Crippen molar-refractivity contribution in [2.45, 2.75) is 72.4 Å². The molecule has 0 aliphatic carbocycles. The lowest BCUT2D eigenvalue weighted by atomic mass is 10.0. The maximum Gasteiger partial charge on any atom is 0.216 e. The average Bonchev–Trinajstić information content (AvgIpc) is 2.92. The van der Waals surface area contributed by atoms with E-state index < -0.39 is 0 Å². The fourth-order valence-electron chi connectivity index (χ4n) is 3.23. The fourth-order valence-corrected chi connectivity index (χ4v) is 3.23. The van der Waals surface area contributed by atoms with Gasteiger partial charge in [-0.05, 0) is 66.5 Å². The van der Waals surface area contributed by atoms with Crippen LogP contribution in [-0.4, -0.2) is 48.1 Å². The van der Waals surface area contributed by atoms with Gasteiger partial charge >= 0.3 is 0 Å². The Bertz CT molecular complexity index is 527. The maximum atomic E-state index is 5.58. The number of halogens is 1. The third-order valence-electron chi connectivity index (χ3n) is 4.89. The first-order valence-electron chi connectivity index (χ1n) is 9.79. The van der Waals surface area contributed by atoms with Crippen molar-refractivity contribution in [2.24, 2.45) is 4.99 Å². The average molecular weight is 477 g/mol. The molecule has 0 amide bonds. The number of piperidine rings is 1. The van der Waals surface area contributed by atoms with Gasteiger partial charge in [0, 0.05) is 19.1 Å². The number of likely N-dealkylation sites (tertiary alicyclic amines) is 1. The summed E-state index contributed by atoms with van der Waals surface area (Å²) in [6, 6.07) is 0.758. The molecule has 0 radical (unpaired) electrons. The summed E-state index contributed by atoms with van der Waals surface area (Å²) in [5, 5.41) is 6.69. The Morgan fingerprint density at radius 1 is 1.27 bits per heavy atom. The van der Waals surface area contributed by atoms with E-state index in [1.165, 1.54) is 38.8 Å². The molecule has 7 heteroatoms. The van der Waals surface area contributed by atoms with Crippen LogP contribution in [0.2, 0.25) is 0 Å². The molecular weight excluding hydrogens is 441 g/mol. The molecule has 1 aliphatic rings. The van der Waals surface area contributed by atoms with Gasteiger partial charge in [-0.1, -0.05) is 6.42 Å². The number of aromatic nitrogens is 1. The van der Waals surface area contributed by atoms with E-state index in [4.69, 9.17) is 4.42 Å². The smallest absolute Gasteiger partial charge is 0.216 e. The highest BCUT2D eigenvalue weighted by molar-refractivity contribution is 14.0. The first-order valence-corrected chi connectivity index (χ1v) is 9.79. The summed E-state index contributed by atoms with van der Waals surface area (Å²) in [6.07, 6.45) is 6.50. The Hall–Kier alpha value is -0.830. The Morgan fingerprint density at radius 3 is 2.73 bits per heavy atom. The zero-order valence-electron chi connectivity index (χ0n) is 16.8. The largest absolute Gasteiger partial charge is 0.444 e. The zero-order chi connectivity index (χ0) is 18.1. The summed E-state index contributed by atoms with van der Waals surface area (Å²) < 4.78 is 5.58. The third-order valence-corrected chi connectivity index (χ3v) is 4.89. The molecule has 1 fully saturated rings. The zero-order valence-corrected chi connectivity index (χ0v) is 19.1. The molecule has 1 aromatic rings. The molecule has 1 aliphatic heterocycles. The van der Waals surface area contributed by atoms with Gasteiger partial charge in [-0.15, -0.1) is 24.0 Å². The second-order valence-electron chi connectivity index (χ2n) is 6.96. The number of unbranched alkanes of at least 4 members (excludes halogenated alkanes) is 1. The van der Waals surface area contributed by atoms with Gasteiger partial charge in [0.25, 0.3) is 0 Å². The lowest BCUT2D eigenvalue weighted by Gasteiger charge is -2.33. The number of oxazole rings is 1. The van der Waals surface area contributed by atoms with Crippen LogP contribution in [-0.2, 0) is 6.54 Å². The van der Waals surface area contributed by atoms with E-state index in [1.54, 1.807) is 0 Å². The number of aliphatic imine (C=N–C) groups is 1. The highest BCUT2D eigenvalue weighted by Gasteiger charge is 2.16. The molecule has 0 saturated carbocycles. The first kappa shape index (κ1) is 23.2. The van der Waals surface area contributed by atoms with Crippen LogP contribution in [0.1, 0.15) is 63.3 Å². The molecule has 2 heterocycles. The molecule has 6 nitrogen and oxygen atoms in total. The lowest BCUT2D eigenvalue weighted by molar-refractivity contribution is 0.158. The van der Waals surface area contributed by atoms with Crippen molar-refractivity contribution < 1.29 is 4.42 Å². The van der Waals surface area contributed by atoms with Crippen molar-refractivity contribution in [3.05, 3.63) is 17.3 Å². The Balaban J connectivity index is 0.00000338. The van der Waals surface area contributed by atoms with Gasteiger partial charge in [0.15, 0.2) is 5.96 Å². The van der Waals surface area contributed by atoms with Gasteiger partial charge in [0.2, 0.25) is 5.89 Å². The van der Waals surface area contributed by atoms with E-state index in [1.807, 2.05) is 13.8 Å².